The number of hydrazine groups is 2. The molecule has 2 aromatic carbocycles. The number of guanidine groups is 1. The van der Waals surface area contributed by atoms with Gasteiger partial charge in [0.05, 0.1) is 24.4 Å². The number of hydrogen-bond acceptors (Lipinski definition) is 7. The zero-order valence-corrected chi connectivity index (χ0v) is 15.3. The Morgan fingerprint density at radius 1 is 1.11 bits per heavy atom. The minimum absolute atomic E-state index is 0.0180. The van der Waals surface area contributed by atoms with Crippen LogP contribution in [0.25, 0.3) is 0 Å². The van der Waals surface area contributed by atoms with Gasteiger partial charge in [-0.1, -0.05) is 18.2 Å². The van der Waals surface area contributed by atoms with E-state index in [4.69, 9.17) is 4.74 Å². The second-order valence-electron chi connectivity index (χ2n) is 6.80. The normalized spacial score (nSPS) is 27.5. The van der Waals surface area contributed by atoms with Gasteiger partial charge in [0.25, 0.3) is 0 Å². The van der Waals surface area contributed by atoms with Gasteiger partial charge in [0.1, 0.15) is 11.9 Å². The lowest BCUT2D eigenvalue weighted by Crippen LogP contribution is -2.66. The van der Waals surface area contributed by atoms with Gasteiger partial charge in [-0.05, 0) is 36.4 Å². The fourth-order valence-electron chi connectivity index (χ4n) is 3.77. The summed E-state index contributed by atoms with van der Waals surface area (Å²) >= 11 is 0. The van der Waals surface area contributed by atoms with Crippen LogP contribution in [0.3, 0.4) is 0 Å². The Labute approximate surface area is 162 Å². The van der Waals surface area contributed by atoms with Crippen molar-refractivity contribution < 1.29 is 9.53 Å². The highest BCUT2D eigenvalue weighted by atomic mass is 16.5. The molecule has 2 aromatic rings. The number of nitrogens with zero attached hydrogens (tertiary/aromatic N) is 3. The topological polar surface area (TPSA) is 93.3 Å². The molecule has 3 aliphatic heterocycles. The van der Waals surface area contributed by atoms with Crippen LogP contribution in [0.2, 0.25) is 0 Å². The molecule has 144 valence electrons. The van der Waals surface area contributed by atoms with Gasteiger partial charge in [0, 0.05) is 6.54 Å². The number of aliphatic imine (C=N–C) groups is 1. The summed E-state index contributed by atoms with van der Waals surface area (Å²) in [6, 6.07) is 17.3. The number of ether oxygens (including phenoxy) is 1. The van der Waals surface area contributed by atoms with Gasteiger partial charge in [-0.25, -0.2) is 15.3 Å². The molecule has 1 amide bonds. The Bertz CT molecular complexity index is 902. The molecule has 0 spiro atoms. The largest absolute Gasteiger partial charge is 0.497 e. The van der Waals surface area contributed by atoms with Crippen LogP contribution in [-0.2, 0) is 4.79 Å². The molecule has 0 aromatic heterocycles. The van der Waals surface area contributed by atoms with E-state index in [2.05, 4.69) is 26.6 Å². The number of methoxy groups -OCH3 is 1. The molecule has 5 rings (SSSR count). The van der Waals surface area contributed by atoms with Gasteiger partial charge in [0.2, 0.25) is 11.9 Å². The molecule has 0 bridgehead atoms. The van der Waals surface area contributed by atoms with E-state index < -0.39 is 0 Å². The highest BCUT2D eigenvalue weighted by molar-refractivity contribution is 6.01. The van der Waals surface area contributed by atoms with Crippen molar-refractivity contribution in [1.82, 2.24) is 26.5 Å². The SMILES string of the molecule is COc1ccc(N=C2NNC3NC4C(CNN4c4ccccc4)C(=O)N23)cc1. The molecular weight excluding hydrogens is 358 g/mol. The lowest BCUT2D eigenvalue weighted by molar-refractivity contribution is -0.137. The monoisotopic (exact) mass is 379 g/mol. The lowest BCUT2D eigenvalue weighted by atomic mass is 10.0. The highest BCUT2D eigenvalue weighted by Gasteiger charge is 2.51. The van der Waals surface area contributed by atoms with Gasteiger partial charge in [0.15, 0.2) is 6.29 Å². The Kier molecular flexibility index (Phi) is 4.12. The summed E-state index contributed by atoms with van der Waals surface area (Å²) in [4.78, 5) is 19.4. The van der Waals surface area contributed by atoms with Crippen molar-refractivity contribution >= 4 is 23.2 Å². The average Bonchev–Trinajstić information content (AvgIpc) is 3.34. The van der Waals surface area contributed by atoms with E-state index in [-0.39, 0.29) is 24.3 Å². The van der Waals surface area contributed by atoms with Crippen LogP contribution >= 0.6 is 0 Å². The minimum atomic E-state index is -0.378. The number of anilines is 1. The van der Waals surface area contributed by atoms with Crippen LogP contribution < -0.4 is 31.3 Å². The summed E-state index contributed by atoms with van der Waals surface area (Å²) in [6.45, 7) is 0.560. The molecule has 9 heteroatoms. The van der Waals surface area contributed by atoms with E-state index in [0.717, 1.165) is 17.1 Å². The number of amides is 1. The predicted octanol–water partition coefficient (Wildman–Crippen LogP) is 0.473. The van der Waals surface area contributed by atoms with Crippen LogP contribution in [-0.4, -0.2) is 42.9 Å². The molecule has 9 nitrogen and oxygen atoms in total. The molecule has 4 N–H and O–H groups in total. The zero-order valence-electron chi connectivity index (χ0n) is 15.3. The fourth-order valence-corrected chi connectivity index (χ4v) is 3.77. The van der Waals surface area contributed by atoms with Crippen LogP contribution in [0.1, 0.15) is 0 Å². The van der Waals surface area contributed by atoms with Gasteiger partial charge in [-0.3, -0.25) is 20.5 Å². The first kappa shape index (κ1) is 17.0. The fraction of sp³-hybridized carbons (Fsp3) is 0.263. The number of fused-ring (bicyclic) bond motifs is 2. The zero-order chi connectivity index (χ0) is 19.1. The second kappa shape index (κ2) is 6.79. The van der Waals surface area contributed by atoms with Gasteiger partial charge >= 0.3 is 0 Å². The maximum absolute atomic E-state index is 13.2. The van der Waals surface area contributed by atoms with Crippen LogP contribution in [0.15, 0.2) is 59.6 Å². The van der Waals surface area contributed by atoms with Gasteiger partial charge in [-0.2, -0.15) is 5.43 Å². The molecule has 3 fully saturated rings. The van der Waals surface area contributed by atoms with Gasteiger partial charge in [-0.15, -0.1) is 0 Å². The summed E-state index contributed by atoms with van der Waals surface area (Å²) in [5, 5.41) is 5.50. The quantitative estimate of drug-likeness (QED) is 0.616. The van der Waals surface area contributed by atoms with E-state index >= 15 is 0 Å². The first-order chi connectivity index (χ1) is 13.7. The molecule has 3 saturated heterocycles. The minimum Gasteiger partial charge on any atom is -0.497 e. The molecule has 3 unspecified atom stereocenters. The van der Waals surface area contributed by atoms with E-state index in [0.29, 0.717) is 12.5 Å². The van der Waals surface area contributed by atoms with E-state index in [1.165, 1.54) is 0 Å². The summed E-state index contributed by atoms with van der Waals surface area (Å²) in [7, 11) is 1.62. The highest BCUT2D eigenvalue weighted by Crippen LogP contribution is 2.29. The first-order valence-electron chi connectivity index (χ1n) is 9.16. The van der Waals surface area contributed by atoms with Crippen molar-refractivity contribution in [2.45, 2.75) is 12.5 Å². The van der Waals surface area contributed by atoms with Crippen LogP contribution in [0, 0.1) is 5.92 Å². The predicted molar refractivity (Wildman–Crippen MR) is 104 cm³/mol. The lowest BCUT2D eigenvalue weighted by Gasteiger charge is -2.38. The third kappa shape index (κ3) is 2.76. The Morgan fingerprint density at radius 2 is 1.89 bits per heavy atom. The van der Waals surface area contributed by atoms with Crippen LogP contribution in [0.5, 0.6) is 5.75 Å². The smallest absolute Gasteiger partial charge is 0.239 e. The maximum Gasteiger partial charge on any atom is 0.239 e. The standard InChI is InChI=1S/C19H21N7O2/c1-28-14-9-7-12(8-10-14)21-18-23-24-19-22-16-15(17(27)25(18)19)11-20-26(16)13-5-3-2-4-6-13/h2-10,15-16,19-20,22,24H,11H2,1H3,(H,21,23). The van der Waals surface area contributed by atoms with Crippen molar-refractivity contribution in [2.24, 2.45) is 10.9 Å². The number of rotatable bonds is 3. The second-order valence-corrected chi connectivity index (χ2v) is 6.80. The van der Waals surface area contributed by atoms with Crippen molar-refractivity contribution in [3.8, 4) is 5.75 Å². The Morgan fingerprint density at radius 3 is 2.64 bits per heavy atom. The maximum atomic E-state index is 13.2. The number of nitrogens with one attached hydrogen (secondary N) is 4. The van der Waals surface area contributed by atoms with Crippen molar-refractivity contribution in [3.05, 3.63) is 54.6 Å². The molecule has 28 heavy (non-hydrogen) atoms. The molecule has 0 aliphatic carbocycles. The number of benzene rings is 2. The molecule has 3 heterocycles. The number of para-hydroxylation sites is 1. The molecule has 0 saturated carbocycles. The third-order valence-electron chi connectivity index (χ3n) is 5.17. The number of hydrogen-bond donors (Lipinski definition) is 4. The number of carbonyl (C=O) groups is 1. The molecule has 3 atom stereocenters. The molecule has 3 aliphatic rings. The van der Waals surface area contributed by atoms with Crippen molar-refractivity contribution in [2.75, 3.05) is 18.7 Å². The van der Waals surface area contributed by atoms with Crippen molar-refractivity contribution in [1.29, 1.82) is 0 Å². The Balaban J connectivity index is 1.39. The Hall–Kier alpha value is -3.14. The summed E-state index contributed by atoms with van der Waals surface area (Å²) in [5.74, 6) is 1.03. The summed E-state index contributed by atoms with van der Waals surface area (Å²) < 4.78 is 5.17. The summed E-state index contributed by atoms with van der Waals surface area (Å²) in [5.41, 5.74) is 11.2. The molecule has 0 radical (unpaired) electrons. The molecular formula is C19H21N7O2. The number of carbonyl (C=O) groups excluding carboxylic acids is 1. The van der Waals surface area contributed by atoms with E-state index in [9.17, 15) is 4.79 Å². The van der Waals surface area contributed by atoms with Crippen LogP contribution in [0.4, 0.5) is 11.4 Å². The van der Waals surface area contributed by atoms with E-state index in [1.54, 1.807) is 12.0 Å². The van der Waals surface area contributed by atoms with E-state index in [1.807, 2.05) is 59.6 Å². The first-order valence-corrected chi connectivity index (χ1v) is 9.16. The average molecular weight is 379 g/mol. The third-order valence-corrected chi connectivity index (χ3v) is 5.17. The van der Waals surface area contributed by atoms with Gasteiger partial charge < -0.3 is 4.74 Å². The van der Waals surface area contributed by atoms with Crippen molar-refractivity contribution in [3.63, 3.8) is 0 Å². The summed E-state index contributed by atoms with van der Waals surface area (Å²) in [6.07, 6.45) is -0.525.